The Morgan fingerprint density at radius 2 is 1.55 bits per heavy atom. The summed E-state index contributed by atoms with van der Waals surface area (Å²) in [4.78, 5) is 72.8. The Kier molecular flexibility index (Phi) is 11.3. The second kappa shape index (κ2) is 16.9. The average Bonchev–Trinajstić information content (AvgIpc) is 3.76. The number of nitrogens with zero attached hydrogens (tertiary/aromatic N) is 6. The van der Waals surface area contributed by atoms with Crippen molar-refractivity contribution in [2.75, 3.05) is 67.6 Å². The molecule has 3 aromatic carbocycles. The van der Waals surface area contributed by atoms with E-state index in [0.29, 0.717) is 36.9 Å². The SMILES string of the molecule is CS(=O)(=O)c1ccc(-c2cccc3nc(Nc4ccc(N5CCN(CC(=O)NCCCCNc6ccc7c(c6)C(=O)N(C6CCC(=O)NC6=O)C7=O)CC5)cc4)nn23)cc1. The number of piperazine rings is 1. The first-order valence-corrected chi connectivity index (χ1v) is 21.7. The van der Waals surface area contributed by atoms with Gasteiger partial charge in [0.2, 0.25) is 23.7 Å². The average molecular weight is 833 g/mol. The summed E-state index contributed by atoms with van der Waals surface area (Å²) in [5, 5.41) is 16.4. The molecule has 310 valence electrons. The van der Waals surface area contributed by atoms with Crippen LogP contribution in [0.25, 0.3) is 16.9 Å². The van der Waals surface area contributed by atoms with Crippen LogP contribution in [0.1, 0.15) is 46.4 Å². The van der Waals surface area contributed by atoms with Gasteiger partial charge in [0.1, 0.15) is 6.04 Å². The van der Waals surface area contributed by atoms with Crippen molar-refractivity contribution >= 4 is 68.0 Å². The number of unbranched alkanes of at least 4 members (excludes halogenated alkanes) is 1. The first-order valence-electron chi connectivity index (χ1n) is 19.8. The number of sulfone groups is 1. The van der Waals surface area contributed by atoms with Gasteiger partial charge in [-0.05, 0) is 86.0 Å². The summed E-state index contributed by atoms with van der Waals surface area (Å²) >= 11 is 0. The zero-order chi connectivity index (χ0) is 42.0. The zero-order valence-electron chi connectivity index (χ0n) is 32.9. The molecule has 4 N–H and O–H groups in total. The van der Waals surface area contributed by atoms with E-state index < -0.39 is 39.5 Å². The molecule has 2 fully saturated rings. The van der Waals surface area contributed by atoms with E-state index in [-0.39, 0.29) is 34.8 Å². The van der Waals surface area contributed by atoms with E-state index in [1.807, 2.05) is 42.5 Å². The van der Waals surface area contributed by atoms with Crippen molar-refractivity contribution in [1.82, 2.24) is 35.0 Å². The topological polar surface area (TPSA) is 208 Å². The fourth-order valence-corrected chi connectivity index (χ4v) is 8.28. The number of piperidine rings is 1. The molecule has 0 bridgehead atoms. The third-order valence-electron chi connectivity index (χ3n) is 10.9. The second-order valence-electron chi connectivity index (χ2n) is 15.0. The molecule has 0 aliphatic carbocycles. The molecule has 5 amide bonds. The van der Waals surface area contributed by atoms with Crippen molar-refractivity contribution in [2.45, 2.75) is 36.6 Å². The van der Waals surface area contributed by atoms with Crippen molar-refractivity contribution in [3.8, 4) is 11.3 Å². The molecule has 17 nitrogen and oxygen atoms in total. The highest BCUT2D eigenvalue weighted by Gasteiger charge is 2.44. The van der Waals surface area contributed by atoms with Gasteiger partial charge < -0.3 is 20.9 Å². The van der Waals surface area contributed by atoms with E-state index in [2.05, 4.69) is 41.1 Å². The molecular weight excluding hydrogens is 789 g/mol. The second-order valence-corrected chi connectivity index (χ2v) is 17.1. The number of aromatic nitrogens is 3. The smallest absolute Gasteiger partial charge is 0.262 e. The highest BCUT2D eigenvalue weighted by Crippen LogP contribution is 2.30. The predicted octanol–water partition coefficient (Wildman–Crippen LogP) is 3.08. The van der Waals surface area contributed by atoms with Gasteiger partial charge in [-0.25, -0.2) is 12.9 Å². The minimum absolute atomic E-state index is 0.0215. The molecule has 3 aliphatic heterocycles. The number of benzene rings is 3. The van der Waals surface area contributed by atoms with Crippen molar-refractivity contribution in [3.63, 3.8) is 0 Å². The van der Waals surface area contributed by atoms with E-state index in [1.54, 1.807) is 47.0 Å². The summed E-state index contributed by atoms with van der Waals surface area (Å²) in [6.45, 7) is 4.52. The molecule has 3 aliphatic rings. The molecule has 5 aromatic rings. The van der Waals surface area contributed by atoms with E-state index in [1.165, 1.54) is 6.26 Å². The molecule has 5 heterocycles. The van der Waals surface area contributed by atoms with Crippen LogP contribution in [0, 0.1) is 0 Å². The number of pyridine rings is 1. The molecule has 1 unspecified atom stereocenters. The lowest BCUT2D eigenvalue weighted by molar-refractivity contribution is -0.136. The number of carbonyl (C=O) groups excluding carboxylic acids is 5. The molecule has 18 heteroatoms. The molecule has 2 aromatic heterocycles. The highest BCUT2D eigenvalue weighted by molar-refractivity contribution is 7.90. The number of nitrogens with one attached hydrogen (secondary N) is 4. The van der Waals surface area contributed by atoms with E-state index in [9.17, 15) is 32.4 Å². The van der Waals surface area contributed by atoms with Crippen molar-refractivity contribution < 1.29 is 32.4 Å². The van der Waals surface area contributed by atoms with Gasteiger partial charge in [-0.15, -0.1) is 5.10 Å². The lowest BCUT2D eigenvalue weighted by Crippen LogP contribution is -2.54. The molecule has 60 heavy (non-hydrogen) atoms. The van der Waals surface area contributed by atoms with Crippen LogP contribution in [0.15, 0.2) is 89.8 Å². The number of anilines is 4. The monoisotopic (exact) mass is 832 g/mol. The van der Waals surface area contributed by atoms with Gasteiger partial charge in [0.05, 0.1) is 28.3 Å². The minimum Gasteiger partial charge on any atom is -0.385 e. The Morgan fingerprint density at radius 3 is 2.28 bits per heavy atom. The van der Waals surface area contributed by atoms with E-state index in [0.717, 1.165) is 66.6 Å². The highest BCUT2D eigenvalue weighted by atomic mass is 32.2. The van der Waals surface area contributed by atoms with E-state index in [4.69, 9.17) is 0 Å². The predicted molar refractivity (Wildman–Crippen MR) is 224 cm³/mol. The summed E-state index contributed by atoms with van der Waals surface area (Å²) in [7, 11) is -3.30. The first-order chi connectivity index (χ1) is 28.9. The Labute approximate surface area is 346 Å². The lowest BCUT2D eigenvalue weighted by atomic mass is 10.0. The maximum absolute atomic E-state index is 13.1. The van der Waals surface area contributed by atoms with Gasteiger partial charge in [0.25, 0.3) is 11.8 Å². The fraction of sp³-hybridized carbons (Fsp3) is 0.310. The Balaban J connectivity index is 0.739. The molecule has 0 radical (unpaired) electrons. The van der Waals surface area contributed by atoms with Crippen molar-refractivity contribution in [1.29, 1.82) is 0 Å². The fourth-order valence-electron chi connectivity index (χ4n) is 7.65. The van der Waals surface area contributed by atoms with Crippen molar-refractivity contribution in [3.05, 3.63) is 96.1 Å². The molecular formula is C42H44N10O7S. The van der Waals surface area contributed by atoms with Crippen LogP contribution in [-0.4, -0.2) is 120 Å². The number of hydrogen-bond donors (Lipinski definition) is 4. The Hall–Kier alpha value is -6.66. The molecule has 2 saturated heterocycles. The summed E-state index contributed by atoms with van der Waals surface area (Å²) in [5.41, 5.74) is 5.28. The summed E-state index contributed by atoms with van der Waals surface area (Å²) in [5.74, 6) is -1.73. The first kappa shape index (κ1) is 40.1. The van der Waals surface area contributed by atoms with E-state index >= 15 is 0 Å². The van der Waals surface area contributed by atoms with Gasteiger partial charge in [0.15, 0.2) is 15.5 Å². The zero-order valence-corrected chi connectivity index (χ0v) is 33.7. The Morgan fingerprint density at radius 1 is 0.833 bits per heavy atom. The largest absolute Gasteiger partial charge is 0.385 e. The number of hydrogen-bond acceptors (Lipinski definition) is 13. The molecule has 1 atom stereocenters. The van der Waals surface area contributed by atoms with Crippen LogP contribution in [0.2, 0.25) is 0 Å². The number of amides is 5. The third-order valence-corrected chi connectivity index (χ3v) is 12.0. The van der Waals surface area contributed by atoms with Crippen LogP contribution in [-0.2, 0) is 24.2 Å². The molecule has 8 rings (SSSR count). The van der Waals surface area contributed by atoms with Crippen LogP contribution in [0.5, 0.6) is 0 Å². The van der Waals surface area contributed by atoms with Gasteiger partial charge in [0, 0.05) is 74.6 Å². The van der Waals surface area contributed by atoms with Crippen LogP contribution in [0.4, 0.5) is 23.0 Å². The maximum atomic E-state index is 13.1. The molecule has 0 spiro atoms. The summed E-state index contributed by atoms with van der Waals surface area (Å²) in [6, 6.07) is 24.3. The van der Waals surface area contributed by atoms with Crippen LogP contribution in [0.3, 0.4) is 0 Å². The number of fused-ring (bicyclic) bond motifs is 2. The van der Waals surface area contributed by atoms with Crippen LogP contribution < -0.4 is 26.2 Å². The van der Waals surface area contributed by atoms with Gasteiger partial charge >= 0.3 is 0 Å². The lowest BCUT2D eigenvalue weighted by Gasteiger charge is -2.35. The Bertz CT molecular complexity index is 2590. The number of imide groups is 2. The molecule has 0 saturated carbocycles. The van der Waals surface area contributed by atoms with Crippen LogP contribution >= 0.6 is 0 Å². The minimum atomic E-state index is -3.30. The maximum Gasteiger partial charge on any atom is 0.262 e. The van der Waals surface area contributed by atoms with Gasteiger partial charge in [-0.3, -0.25) is 39.1 Å². The van der Waals surface area contributed by atoms with Gasteiger partial charge in [-0.1, -0.05) is 18.2 Å². The number of carbonyl (C=O) groups is 5. The van der Waals surface area contributed by atoms with Crippen molar-refractivity contribution in [2.24, 2.45) is 0 Å². The quantitative estimate of drug-likeness (QED) is 0.0939. The standard InChI is InChI=1S/C42H44N10O7S/c1-60(58,59)31-14-7-27(8-15-31)34-5-4-6-36-46-42(48-52(34)36)45-28-9-12-30(13-10-28)50-23-21-49(22-24-50)26-38(54)44-20-3-2-19-43-29-11-16-32-33(25-29)41(57)51(40(32)56)35-17-18-37(53)47-39(35)55/h4-16,25,35,43H,2-3,17-24,26H2,1H3,(H,44,54)(H,45,48)(H,47,53,55). The number of rotatable bonds is 14. The summed E-state index contributed by atoms with van der Waals surface area (Å²) < 4.78 is 25.5. The third kappa shape index (κ3) is 8.69. The van der Waals surface area contributed by atoms with Gasteiger partial charge in [-0.2, -0.15) is 4.98 Å². The summed E-state index contributed by atoms with van der Waals surface area (Å²) in [6.07, 6.45) is 2.87. The normalized spacial score (nSPS) is 17.2.